The number of benzene rings is 1. The lowest BCUT2D eigenvalue weighted by Crippen LogP contribution is -2.13. The minimum Gasteiger partial charge on any atom is -0.489 e. The molecule has 18 heavy (non-hydrogen) atoms. The van der Waals surface area contributed by atoms with Crippen molar-refractivity contribution in [2.75, 3.05) is 18.5 Å². The van der Waals surface area contributed by atoms with E-state index in [2.05, 4.69) is 15.3 Å². The maximum atomic E-state index is 13.2. The normalized spacial score (nSPS) is 10.1. The molecule has 1 heterocycles. The summed E-state index contributed by atoms with van der Waals surface area (Å²) in [7, 11) is 0. The molecule has 4 nitrogen and oxygen atoms in total. The number of hydrogen-bond donors (Lipinski definition) is 1. The van der Waals surface area contributed by atoms with Crippen LogP contribution in [0.4, 0.5) is 14.7 Å². The lowest BCUT2D eigenvalue weighted by atomic mass is 10.3. The number of hydrogen-bond acceptors (Lipinski definition) is 4. The summed E-state index contributed by atoms with van der Waals surface area (Å²) in [4.78, 5) is 7.90. The van der Waals surface area contributed by atoms with E-state index in [0.29, 0.717) is 12.5 Å². The molecular weight excluding hydrogens is 240 g/mol. The summed E-state index contributed by atoms with van der Waals surface area (Å²) in [6.07, 6.45) is 3.21. The van der Waals surface area contributed by atoms with E-state index in [-0.39, 0.29) is 12.4 Å². The third kappa shape index (κ3) is 3.38. The number of halogens is 2. The van der Waals surface area contributed by atoms with Crippen LogP contribution >= 0.6 is 0 Å². The van der Waals surface area contributed by atoms with Gasteiger partial charge in [0.1, 0.15) is 12.4 Å². The van der Waals surface area contributed by atoms with E-state index in [4.69, 9.17) is 4.74 Å². The van der Waals surface area contributed by atoms with E-state index >= 15 is 0 Å². The molecule has 1 aromatic carbocycles. The largest absolute Gasteiger partial charge is 0.489 e. The predicted molar refractivity (Wildman–Crippen MR) is 62.4 cm³/mol. The molecule has 0 fully saturated rings. The quantitative estimate of drug-likeness (QED) is 0.828. The Morgan fingerprint density at radius 1 is 1.17 bits per heavy atom. The van der Waals surface area contributed by atoms with Crippen LogP contribution in [0.15, 0.2) is 36.7 Å². The lowest BCUT2D eigenvalue weighted by molar-refractivity contribution is 0.313. The van der Waals surface area contributed by atoms with Gasteiger partial charge in [0.15, 0.2) is 11.6 Å². The van der Waals surface area contributed by atoms with Crippen molar-refractivity contribution in [1.82, 2.24) is 9.97 Å². The summed E-state index contributed by atoms with van der Waals surface area (Å²) < 4.78 is 31.0. The topological polar surface area (TPSA) is 47.0 Å². The number of nitrogens with one attached hydrogen (secondary N) is 1. The first-order valence-electron chi connectivity index (χ1n) is 5.34. The molecule has 0 aliphatic rings. The third-order valence-corrected chi connectivity index (χ3v) is 2.10. The van der Waals surface area contributed by atoms with Gasteiger partial charge >= 0.3 is 0 Å². The highest BCUT2D eigenvalue weighted by molar-refractivity contribution is 5.25. The molecule has 0 amide bonds. The van der Waals surface area contributed by atoms with Gasteiger partial charge in [-0.05, 0) is 18.2 Å². The van der Waals surface area contributed by atoms with E-state index in [1.54, 1.807) is 18.5 Å². The van der Waals surface area contributed by atoms with Crippen molar-refractivity contribution in [1.29, 1.82) is 0 Å². The van der Waals surface area contributed by atoms with Crippen LogP contribution < -0.4 is 10.1 Å². The van der Waals surface area contributed by atoms with Crippen molar-refractivity contribution in [2.24, 2.45) is 0 Å². The molecule has 2 rings (SSSR count). The molecule has 0 saturated heterocycles. The van der Waals surface area contributed by atoms with Gasteiger partial charge in [0.2, 0.25) is 5.95 Å². The average Bonchev–Trinajstić information content (AvgIpc) is 2.38. The van der Waals surface area contributed by atoms with Crippen LogP contribution in [-0.4, -0.2) is 23.1 Å². The minimum atomic E-state index is -0.717. The van der Waals surface area contributed by atoms with E-state index in [0.717, 1.165) is 12.1 Å². The van der Waals surface area contributed by atoms with Crippen molar-refractivity contribution in [3.8, 4) is 5.75 Å². The summed E-state index contributed by atoms with van der Waals surface area (Å²) in [5.74, 6) is -0.852. The van der Waals surface area contributed by atoms with Gasteiger partial charge in [-0.3, -0.25) is 0 Å². The Kier molecular flexibility index (Phi) is 4.01. The van der Waals surface area contributed by atoms with Crippen molar-refractivity contribution in [3.05, 3.63) is 48.3 Å². The zero-order valence-electron chi connectivity index (χ0n) is 9.44. The Balaban J connectivity index is 1.79. The molecule has 94 valence electrons. The van der Waals surface area contributed by atoms with E-state index in [1.165, 1.54) is 6.07 Å². The monoisotopic (exact) mass is 251 g/mol. The molecule has 0 radical (unpaired) electrons. The van der Waals surface area contributed by atoms with Gasteiger partial charge in [-0.1, -0.05) is 0 Å². The van der Waals surface area contributed by atoms with E-state index in [9.17, 15) is 8.78 Å². The molecule has 1 aromatic heterocycles. The van der Waals surface area contributed by atoms with Gasteiger partial charge in [-0.2, -0.15) is 0 Å². The number of rotatable bonds is 5. The van der Waals surface area contributed by atoms with Crippen LogP contribution in [0.2, 0.25) is 0 Å². The first kappa shape index (κ1) is 12.2. The van der Waals surface area contributed by atoms with Gasteiger partial charge < -0.3 is 10.1 Å². The van der Waals surface area contributed by atoms with Crippen LogP contribution in [0.3, 0.4) is 0 Å². The maximum absolute atomic E-state index is 13.2. The zero-order chi connectivity index (χ0) is 12.8. The second-order valence-electron chi connectivity index (χ2n) is 3.42. The summed E-state index contributed by atoms with van der Waals surface area (Å²) >= 11 is 0. The molecule has 1 N–H and O–H groups in total. The first-order valence-corrected chi connectivity index (χ1v) is 5.34. The molecule has 0 bridgehead atoms. The fourth-order valence-electron chi connectivity index (χ4n) is 1.31. The molecule has 6 heteroatoms. The Hall–Kier alpha value is -2.24. The Morgan fingerprint density at radius 2 is 1.94 bits per heavy atom. The maximum Gasteiger partial charge on any atom is 0.222 e. The molecule has 0 spiro atoms. The number of anilines is 1. The Bertz CT molecular complexity index is 508. The minimum absolute atomic E-state index is 0.0205. The average molecular weight is 251 g/mol. The van der Waals surface area contributed by atoms with Gasteiger partial charge in [0, 0.05) is 18.5 Å². The van der Waals surface area contributed by atoms with Crippen LogP contribution in [-0.2, 0) is 0 Å². The van der Waals surface area contributed by atoms with Crippen molar-refractivity contribution >= 4 is 5.95 Å². The van der Waals surface area contributed by atoms with Crippen LogP contribution in [0.25, 0.3) is 0 Å². The first-order chi connectivity index (χ1) is 8.75. The Morgan fingerprint density at radius 3 is 2.67 bits per heavy atom. The molecular formula is C12H11F2N3O. The second kappa shape index (κ2) is 5.90. The molecule has 0 saturated carbocycles. The van der Waals surface area contributed by atoms with Crippen molar-refractivity contribution < 1.29 is 13.5 Å². The second-order valence-corrected chi connectivity index (χ2v) is 3.42. The van der Waals surface area contributed by atoms with Gasteiger partial charge in [0.25, 0.3) is 0 Å². The standard InChI is InChI=1S/C12H11F2N3O/c13-9-2-3-11(10(14)8-9)18-7-6-17-12-15-4-1-5-16-12/h1-5,8H,6-7H2,(H,15,16,17). The third-order valence-electron chi connectivity index (χ3n) is 2.10. The van der Waals surface area contributed by atoms with E-state index in [1.807, 2.05) is 0 Å². The van der Waals surface area contributed by atoms with Crippen LogP contribution in [0, 0.1) is 11.6 Å². The predicted octanol–water partition coefficient (Wildman–Crippen LogP) is 2.25. The highest BCUT2D eigenvalue weighted by Crippen LogP contribution is 2.17. The van der Waals surface area contributed by atoms with Crippen LogP contribution in [0.5, 0.6) is 5.75 Å². The number of ether oxygens (including phenoxy) is 1. The smallest absolute Gasteiger partial charge is 0.222 e. The van der Waals surface area contributed by atoms with Crippen molar-refractivity contribution in [3.63, 3.8) is 0 Å². The molecule has 2 aromatic rings. The summed E-state index contributed by atoms with van der Waals surface area (Å²) in [5.41, 5.74) is 0. The number of nitrogens with zero attached hydrogens (tertiary/aromatic N) is 2. The lowest BCUT2D eigenvalue weighted by Gasteiger charge is -2.08. The molecule has 0 aliphatic carbocycles. The highest BCUT2D eigenvalue weighted by atomic mass is 19.1. The summed E-state index contributed by atoms with van der Waals surface area (Å²) in [6, 6.07) is 4.88. The molecule has 0 unspecified atom stereocenters. The zero-order valence-corrected chi connectivity index (χ0v) is 9.44. The summed E-state index contributed by atoms with van der Waals surface area (Å²) in [6.45, 7) is 0.641. The SMILES string of the molecule is Fc1ccc(OCCNc2ncccn2)c(F)c1. The van der Waals surface area contributed by atoms with Gasteiger partial charge in [0.05, 0.1) is 6.54 Å². The van der Waals surface area contributed by atoms with Crippen LogP contribution in [0.1, 0.15) is 0 Å². The fraction of sp³-hybridized carbons (Fsp3) is 0.167. The summed E-state index contributed by atoms with van der Waals surface area (Å²) in [5, 5.41) is 2.90. The molecule has 0 atom stereocenters. The Labute approximate surface area is 103 Å². The van der Waals surface area contributed by atoms with Crippen molar-refractivity contribution in [2.45, 2.75) is 0 Å². The number of aromatic nitrogens is 2. The van der Waals surface area contributed by atoms with Gasteiger partial charge in [-0.15, -0.1) is 0 Å². The molecule has 0 aliphatic heterocycles. The fourth-order valence-corrected chi connectivity index (χ4v) is 1.31. The highest BCUT2D eigenvalue weighted by Gasteiger charge is 2.04. The van der Waals surface area contributed by atoms with E-state index < -0.39 is 11.6 Å². The van der Waals surface area contributed by atoms with Gasteiger partial charge in [-0.25, -0.2) is 18.7 Å².